The molecule has 2 rings (SSSR count). The Kier molecular flexibility index (Phi) is 3.36. The van der Waals surface area contributed by atoms with Crippen molar-refractivity contribution < 1.29 is 10.2 Å². The molecule has 5 N–H and O–H groups in total. The first-order valence-corrected chi connectivity index (χ1v) is 5.83. The van der Waals surface area contributed by atoms with Crippen LogP contribution in [0.1, 0.15) is 25.0 Å². The fraction of sp³-hybridized carbons (Fsp3) is 0.308. The third-order valence-electron chi connectivity index (χ3n) is 3.10. The minimum Gasteiger partial charge on any atom is -0.506 e. The average Bonchev–Trinajstić information content (AvgIpc) is 2.38. The van der Waals surface area contributed by atoms with Gasteiger partial charge >= 0.3 is 0 Å². The molecule has 0 fully saturated rings. The van der Waals surface area contributed by atoms with Crippen LogP contribution in [0.3, 0.4) is 0 Å². The van der Waals surface area contributed by atoms with Crippen LogP contribution >= 0.6 is 0 Å². The lowest BCUT2D eigenvalue weighted by molar-refractivity contribution is 0.146. The summed E-state index contributed by atoms with van der Waals surface area (Å²) < 4.78 is 0. The molecular weight excluding hydrogens is 232 g/mol. The Balaban J connectivity index is 2.66. The molecule has 0 saturated carbocycles. The predicted octanol–water partition coefficient (Wildman–Crippen LogP) is 1.00. The average molecular weight is 248 g/mol. The molecule has 1 heterocycles. The topological polar surface area (TPSA) is 99.3 Å². The second-order valence-electron chi connectivity index (χ2n) is 4.30. The van der Waals surface area contributed by atoms with Gasteiger partial charge < -0.3 is 20.9 Å². The van der Waals surface area contributed by atoms with Gasteiger partial charge in [0, 0.05) is 17.5 Å². The largest absolute Gasteiger partial charge is 0.506 e. The van der Waals surface area contributed by atoms with Gasteiger partial charge in [0.05, 0.1) is 11.6 Å². The molecule has 18 heavy (non-hydrogen) atoms. The van der Waals surface area contributed by atoms with Crippen LogP contribution < -0.4 is 11.3 Å². The molecule has 5 nitrogen and oxygen atoms in total. The Labute approximate surface area is 104 Å². The van der Waals surface area contributed by atoms with Crippen molar-refractivity contribution >= 4 is 10.9 Å². The number of aromatic hydroxyl groups is 1. The van der Waals surface area contributed by atoms with Crippen LogP contribution in [0.5, 0.6) is 5.75 Å². The molecule has 2 atom stereocenters. The first kappa shape index (κ1) is 12.6. The molecule has 0 amide bonds. The van der Waals surface area contributed by atoms with Crippen LogP contribution in [0, 0.1) is 0 Å². The number of rotatable bonds is 3. The number of hydrogen-bond acceptors (Lipinski definition) is 4. The fourth-order valence-corrected chi connectivity index (χ4v) is 1.97. The number of phenolic OH excluding ortho intramolecular Hbond substituents is 1. The summed E-state index contributed by atoms with van der Waals surface area (Å²) in [6.45, 7) is 1.89. The summed E-state index contributed by atoms with van der Waals surface area (Å²) in [5.41, 5.74) is 6.45. The molecule has 0 aliphatic rings. The smallest absolute Gasteiger partial charge is 0.248 e. The van der Waals surface area contributed by atoms with Gasteiger partial charge in [-0.1, -0.05) is 13.0 Å². The van der Waals surface area contributed by atoms with E-state index in [1.54, 1.807) is 12.1 Å². The molecule has 1 aromatic heterocycles. The second kappa shape index (κ2) is 4.80. The van der Waals surface area contributed by atoms with E-state index in [1.165, 1.54) is 12.1 Å². The lowest BCUT2D eigenvalue weighted by Gasteiger charge is -2.19. The number of aliphatic hydroxyl groups is 1. The van der Waals surface area contributed by atoms with Crippen LogP contribution in [0.15, 0.2) is 29.1 Å². The van der Waals surface area contributed by atoms with Crippen molar-refractivity contribution in [3.63, 3.8) is 0 Å². The minimum absolute atomic E-state index is 0.0243. The Hall–Kier alpha value is -1.85. The van der Waals surface area contributed by atoms with Gasteiger partial charge in [-0.3, -0.25) is 4.79 Å². The number of nitrogens with two attached hydrogens (primary N) is 1. The highest BCUT2D eigenvalue weighted by molar-refractivity contribution is 5.87. The number of fused-ring (bicyclic) bond motifs is 1. The van der Waals surface area contributed by atoms with Crippen LogP contribution in [0.25, 0.3) is 10.9 Å². The quantitative estimate of drug-likeness (QED) is 0.651. The van der Waals surface area contributed by atoms with Crippen molar-refractivity contribution in [1.29, 1.82) is 0 Å². The van der Waals surface area contributed by atoms with E-state index in [1.807, 2.05) is 6.92 Å². The van der Waals surface area contributed by atoms with Gasteiger partial charge in [-0.05, 0) is 24.1 Å². The van der Waals surface area contributed by atoms with Gasteiger partial charge in [-0.25, -0.2) is 0 Å². The summed E-state index contributed by atoms with van der Waals surface area (Å²) in [6, 6.07) is 5.62. The zero-order chi connectivity index (χ0) is 13.3. The van der Waals surface area contributed by atoms with Crippen molar-refractivity contribution in [2.45, 2.75) is 25.5 Å². The molecule has 5 heteroatoms. The number of H-pyrrole nitrogens is 1. The zero-order valence-corrected chi connectivity index (χ0v) is 10.1. The number of aliphatic hydroxyl groups excluding tert-OH is 1. The Bertz CT molecular complexity index is 621. The van der Waals surface area contributed by atoms with E-state index in [0.29, 0.717) is 22.9 Å². The predicted molar refractivity (Wildman–Crippen MR) is 69.5 cm³/mol. The van der Waals surface area contributed by atoms with Gasteiger partial charge in [0.2, 0.25) is 5.56 Å². The van der Waals surface area contributed by atoms with Crippen molar-refractivity contribution in [2.24, 2.45) is 5.73 Å². The first-order valence-electron chi connectivity index (χ1n) is 5.83. The molecule has 0 spiro atoms. The lowest BCUT2D eigenvalue weighted by atomic mass is 9.97. The third-order valence-corrected chi connectivity index (χ3v) is 3.10. The maximum Gasteiger partial charge on any atom is 0.248 e. The maximum absolute atomic E-state index is 11.3. The Morgan fingerprint density at radius 1 is 1.33 bits per heavy atom. The van der Waals surface area contributed by atoms with E-state index in [-0.39, 0.29) is 17.4 Å². The van der Waals surface area contributed by atoms with E-state index in [9.17, 15) is 15.0 Å². The summed E-state index contributed by atoms with van der Waals surface area (Å²) in [4.78, 5) is 13.8. The number of phenols is 1. The molecule has 0 aliphatic heterocycles. The van der Waals surface area contributed by atoms with Crippen LogP contribution in [-0.2, 0) is 0 Å². The van der Waals surface area contributed by atoms with Crippen LogP contribution in [0.4, 0.5) is 0 Å². The van der Waals surface area contributed by atoms with E-state index >= 15 is 0 Å². The summed E-state index contributed by atoms with van der Waals surface area (Å²) >= 11 is 0. The van der Waals surface area contributed by atoms with E-state index in [0.717, 1.165) is 0 Å². The molecule has 0 radical (unpaired) electrons. The molecule has 2 unspecified atom stereocenters. The summed E-state index contributed by atoms with van der Waals surface area (Å²) in [7, 11) is 0. The number of nitrogens with one attached hydrogen (secondary N) is 1. The summed E-state index contributed by atoms with van der Waals surface area (Å²) in [6.07, 6.45) is -0.198. The molecule has 1 aromatic carbocycles. The van der Waals surface area contributed by atoms with E-state index in [2.05, 4.69) is 4.98 Å². The molecular formula is C13H16N2O3. The van der Waals surface area contributed by atoms with Crippen LogP contribution in [0.2, 0.25) is 0 Å². The molecule has 0 saturated heterocycles. The van der Waals surface area contributed by atoms with Gasteiger partial charge in [0.25, 0.3) is 0 Å². The van der Waals surface area contributed by atoms with Crippen molar-refractivity contribution in [3.8, 4) is 5.75 Å². The highest BCUT2D eigenvalue weighted by atomic mass is 16.3. The summed E-state index contributed by atoms with van der Waals surface area (Å²) in [5.74, 6) is -0.0243. The van der Waals surface area contributed by atoms with Gasteiger partial charge in [0.15, 0.2) is 0 Å². The highest BCUT2D eigenvalue weighted by Gasteiger charge is 2.18. The lowest BCUT2D eigenvalue weighted by Crippen LogP contribution is -2.27. The molecule has 0 aliphatic carbocycles. The number of pyridine rings is 1. The normalized spacial score (nSPS) is 14.6. The number of hydrogen-bond donors (Lipinski definition) is 4. The monoisotopic (exact) mass is 248 g/mol. The van der Waals surface area contributed by atoms with Gasteiger partial charge in [-0.2, -0.15) is 0 Å². The number of aromatic amines is 1. The van der Waals surface area contributed by atoms with Crippen LogP contribution in [-0.4, -0.2) is 21.2 Å². The second-order valence-corrected chi connectivity index (χ2v) is 4.30. The Morgan fingerprint density at radius 3 is 2.72 bits per heavy atom. The third kappa shape index (κ3) is 2.10. The maximum atomic E-state index is 11.3. The van der Waals surface area contributed by atoms with Crippen molar-refractivity contribution in [3.05, 3.63) is 40.2 Å². The molecule has 2 aromatic rings. The first-order chi connectivity index (χ1) is 8.54. The standard InChI is InChI=1S/C13H16N2O3/c1-2-9(14)13(18)8-3-5-10(16)12-7(8)4-6-11(17)15-12/h3-6,9,13,16,18H,2,14H2,1H3,(H,15,17). The van der Waals surface area contributed by atoms with Gasteiger partial charge in [0.1, 0.15) is 5.75 Å². The molecule has 96 valence electrons. The minimum atomic E-state index is -0.830. The van der Waals surface area contributed by atoms with E-state index < -0.39 is 6.10 Å². The van der Waals surface area contributed by atoms with Gasteiger partial charge in [-0.15, -0.1) is 0 Å². The number of aromatic nitrogens is 1. The van der Waals surface area contributed by atoms with E-state index in [4.69, 9.17) is 5.73 Å². The van der Waals surface area contributed by atoms with Crippen molar-refractivity contribution in [2.75, 3.05) is 0 Å². The Morgan fingerprint density at radius 2 is 2.06 bits per heavy atom. The van der Waals surface area contributed by atoms with Crippen molar-refractivity contribution in [1.82, 2.24) is 4.98 Å². The highest BCUT2D eigenvalue weighted by Crippen LogP contribution is 2.30. The zero-order valence-electron chi connectivity index (χ0n) is 10.1. The fourth-order valence-electron chi connectivity index (χ4n) is 1.97. The SMILES string of the molecule is CCC(N)C(O)c1ccc(O)c2[nH]c(=O)ccc12. The summed E-state index contributed by atoms with van der Waals surface area (Å²) in [5, 5.41) is 20.5. The number of benzene rings is 1. The molecule has 0 bridgehead atoms.